The molecule has 0 spiro atoms. The van der Waals surface area contributed by atoms with Crippen molar-refractivity contribution in [1.82, 2.24) is 4.98 Å². The number of fused-ring (bicyclic) bond motifs is 1. The average Bonchev–Trinajstić information content (AvgIpc) is 2.95. The Morgan fingerprint density at radius 2 is 1.68 bits per heavy atom. The van der Waals surface area contributed by atoms with Gasteiger partial charge in [-0.3, -0.25) is 4.79 Å². The molecule has 1 aliphatic heterocycles. The van der Waals surface area contributed by atoms with Gasteiger partial charge in [0.25, 0.3) is 0 Å². The zero-order chi connectivity index (χ0) is 20.6. The van der Waals surface area contributed by atoms with Crippen molar-refractivity contribution >= 4 is 11.6 Å². The number of hydrogen-bond acceptors (Lipinski definition) is 3. The number of rotatable bonds is 6. The summed E-state index contributed by atoms with van der Waals surface area (Å²) in [6.45, 7) is 14.8. The quantitative estimate of drug-likeness (QED) is 0.617. The fraction of sp³-hybridized carbons (Fsp3) is 0.500. The third kappa shape index (κ3) is 3.65. The highest BCUT2D eigenvalue weighted by Gasteiger charge is 2.35. The van der Waals surface area contributed by atoms with E-state index in [-0.39, 0.29) is 11.9 Å². The van der Waals surface area contributed by atoms with Crippen LogP contribution in [0.1, 0.15) is 74.4 Å². The first-order valence-electron chi connectivity index (χ1n) is 10.4. The Morgan fingerprint density at radius 1 is 1.07 bits per heavy atom. The predicted molar refractivity (Wildman–Crippen MR) is 115 cm³/mol. The minimum Gasteiger partial charge on any atom is -0.438 e. The summed E-state index contributed by atoms with van der Waals surface area (Å²) in [6, 6.07) is 6.61. The first-order valence-corrected chi connectivity index (χ1v) is 10.4. The molecular weight excluding hydrogens is 348 g/mol. The number of pyridine rings is 1. The van der Waals surface area contributed by atoms with E-state index >= 15 is 0 Å². The van der Waals surface area contributed by atoms with E-state index < -0.39 is 0 Å². The van der Waals surface area contributed by atoms with E-state index in [4.69, 9.17) is 4.74 Å². The van der Waals surface area contributed by atoms with Crippen LogP contribution >= 0.6 is 0 Å². The lowest BCUT2D eigenvalue weighted by molar-refractivity contribution is -0.117. The summed E-state index contributed by atoms with van der Waals surface area (Å²) < 4.78 is 6.35. The Balaban J connectivity index is 2.05. The van der Waals surface area contributed by atoms with Crippen LogP contribution in [-0.2, 0) is 11.2 Å². The number of carbonyl (C=O) groups is 1. The van der Waals surface area contributed by atoms with Crippen LogP contribution in [0.3, 0.4) is 0 Å². The minimum atomic E-state index is 0.143. The molecule has 0 fully saturated rings. The number of hydrogen-bond donors (Lipinski definition) is 0. The van der Waals surface area contributed by atoms with E-state index in [1.807, 2.05) is 17.9 Å². The van der Waals surface area contributed by atoms with Gasteiger partial charge in [-0.05, 0) is 62.3 Å². The number of anilines is 1. The van der Waals surface area contributed by atoms with Crippen molar-refractivity contribution in [1.29, 1.82) is 0 Å². The second-order valence-electron chi connectivity index (χ2n) is 8.22. The highest BCUT2D eigenvalue weighted by Crippen LogP contribution is 2.40. The maximum atomic E-state index is 12.8. The maximum absolute atomic E-state index is 12.8. The molecule has 0 N–H and O–H groups in total. The summed E-state index contributed by atoms with van der Waals surface area (Å²) in [5.74, 6) is 2.03. The molecule has 0 atom stereocenters. The molecule has 0 bridgehead atoms. The number of benzene rings is 1. The Bertz CT molecular complexity index is 875. The van der Waals surface area contributed by atoms with Crippen molar-refractivity contribution in [3.63, 3.8) is 0 Å². The van der Waals surface area contributed by atoms with E-state index in [9.17, 15) is 4.79 Å². The summed E-state index contributed by atoms with van der Waals surface area (Å²) in [4.78, 5) is 19.4. The van der Waals surface area contributed by atoms with E-state index in [0.717, 1.165) is 46.7 Å². The van der Waals surface area contributed by atoms with Gasteiger partial charge in [0, 0.05) is 17.3 Å². The molecule has 0 radical (unpaired) electrons. The zero-order valence-electron chi connectivity index (χ0n) is 18.2. The predicted octanol–water partition coefficient (Wildman–Crippen LogP) is 6.00. The fourth-order valence-corrected chi connectivity index (χ4v) is 4.12. The molecule has 4 nitrogen and oxygen atoms in total. The van der Waals surface area contributed by atoms with Crippen LogP contribution in [0, 0.1) is 20.8 Å². The third-order valence-corrected chi connectivity index (χ3v) is 5.70. The summed E-state index contributed by atoms with van der Waals surface area (Å²) in [7, 11) is 0. The number of aryl methyl sites for hydroxylation is 3. The molecule has 0 saturated carbocycles. The van der Waals surface area contributed by atoms with Crippen LogP contribution in [0.15, 0.2) is 18.2 Å². The van der Waals surface area contributed by atoms with Crippen molar-refractivity contribution in [2.75, 3.05) is 4.90 Å². The summed E-state index contributed by atoms with van der Waals surface area (Å²) in [6.07, 6.45) is 2.23. The van der Waals surface area contributed by atoms with Gasteiger partial charge in [-0.25, -0.2) is 4.98 Å². The van der Waals surface area contributed by atoms with Crippen molar-refractivity contribution < 1.29 is 9.53 Å². The van der Waals surface area contributed by atoms with Gasteiger partial charge >= 0.3 is 0 Å². The van der Waals surface area contributed by atoms with Gasteiger partial charge in [-0.15, -0.1) is 0 Å². The fourth-order valence-electron chi connectivity index (χ4n) is 4.12. The third-order valence-electron chi connectivity index (χ3n) is 5.70. The van der Waals surface area contributed by atoms with Gasteiger partial charge in [0.15, 0.2) is 0 Å². The highest BCUT2D eigenvalue weighted by atomic mass is 16.5. The summed E-state index contributed by atoms with van der Waals surface area (Å²) in [5.41, 5.74) is 6.25. The number of carbonyl (C=O) groups excluding carboxylic acids is 1. The van der Waals surface area contributed by atoms with E-state index in [1.54, 1.807) is 0 Å². The van der Waals surface area contributed by atoms with Gasteiger partial charge < -0.3 is 9.64 Å². The molecular formula is C24H32N2O2. The van der Waals surface area contributed by atoms with Crippen molar-refractivity contribution in [2.24, 2.45) is 0 Å². The minimum absolute atomic E-state index is 0.143. The summed E-state index contributed by atoms with van der Waals surface area (Å²) in [5, 5.41) is 0. The van der Waals surface area contributed by atoms with Crippen LogP contribution in [0.5, 0.6) is 11.6 Å². The Hall–Kier alpha value is -2.36. The molecule has 1 aromatic heterocycles. The molecule has 2 heterocycles. The maximum Gasteiger partial charge on any atom is 0.231 e. The molecule has 1 amide bonds. The largest absolute Gasteiger partial charge is 0.438 e. The summed E-state index contributed by atoms with van der Waals surface area (Å²) >= 11 is 0. The molecule has 4 heteroatoms. The highest BCUT2D eigenvalue weighted by molar-refractivity contribution is 6.02. The van der Waals surface area contributed by atoms with Gasteiger partial charge in [0.2, 0.25) is 11.8 Å². The topological polar surface area (TPSA) is 42.4 Å². The van der Waals surface area contributed by atoms with Crippen molar-refractivity contribution in [3.8, 4) is 11.6 Å². The van der Waals surface area contributed by atoms with Gasteiger partial charge in [0.1, 0.15) is 5.75 Å². The molecule has 150 valence electrons. The van der Waals surface area contributed by atoms with E-state index in [2.05, 4.69) is 58.7 Å². The van der Waals surface area contributed by atoms with Crippen molar-refractivity contribution in [3.05, 3.63) is 46.1 Å². The molecule has 0 aliphatic carbocycles. The normalized spacial score (nSPS) is 13.6. The van der Waals surface area contributed by atoms with Crippen LogP contribution in [-0.4, -0.2) is 16.9 Å². The van der Waals surface area contributed by atoms with Crippen LogP contribution < -0.4 is 9.64 Å². The SMILES string of the molecule is CCC(CC)N1C(=O)Cc2c1cc(C)nc2Oc1c(C)cc(C(C)C)cc1C. The number of ether oxygens (including phenoxy) is 1. The molecule has 0 saturated heterocycles. The first kappa shape index (κ1) is 20.4. The Morgan fingerprint density at radius 3 is 2.21 bits per heavy atom. The van der Waals surface area contributed by atoms with Crippen molar-refractivity contribution in [2.45, 2.75) is 79.7 Å². The number of amides is 1. The lowest BCUT2D eigenvalue weighted by atomic mass is 9.98. The van der Waals surface area contributed by atoms with Gasteiger partial charge in [0.05, 0.1) is 12.1 Å². The zero-order valence-corrected chi connectivity index (χ0v) is 18.2. The first-order chi connectivity index (χ1) is 13.3. The monoisotopic (exact) mass is 380 g/mol. The number of nitrogens with zero attached hydrogens (tertiary/aromatic N) is 2. The Labute approximate surface area is 168 Å². The van der Waals surface area contributed by atoms with Gasteiger partial charge in [-0.2, -0.15) is 0 Å². The molecule has 28 heavy (non-hydrogen) atoms. The Kier molecular flexibility index (Phi) is 5.78. The van der Waals surface area contributed by atoms with Crippen LogP contribution in [0.4, 0.5) is 5.69 Å². The number of aromatic nitrogens is 1. The van der Waals surface area contributed by atoms with Gasteiger partial charge in [-0.1, -0.05) is 39.8 Å². The van der Waals surface area contributed by atoms with E-state index in [1.165, 1.54) is 5.56 Å². The molecule has 3 rings (SSSR count). The molecule has 2 aromatic rings. The lowest BCUT2D eigenvalue weighted by Gasteiger charge is -2.27. The lowest BCUT2D eigenvalue weighted by Crippen LogP contribution is -2.37. The van der Waals surface area contributed by atoms with Crippen LogP contribution in [0.25, 0.3) is 0 Å². The van der Waals surface area contributed by atoms with Crippen LogP contribution in [0.2, 0.25) is 0 Å². The molecule has 1 aromatic carbocycles. The second-order valence-corrected chi connectivity index (χ2v) is 8.22. The average molecular weight is 381 g/mol. The molecule has 0 unspecified atom stereocenters. The molecule has 1 aliphatic rings. The smallest absolute Gasteiger partial charge is 0.231 e. The standard InChI is InChI=1S/C24H32N2O2/c1-8-19(9-2)26-21-12-17(7)25-24(20(21)13-22(26)27)28-23-15(5)10-18(14(3)4)11-16(23)6/h10-12,14,19H,8-9,13H2,1-7H3. The van der Waals surface area contributed by atoms with E-state index in [0.29, 0.717) is 18.2 Å². The second kappa shape index (κ2) is 7.94.